The number of nitrogens with one attached hydrogen (secondary N) is 1. The summed E-state index contributed by atoms with van der Waals surface area (Å²) in [7, 11) is 0. The van der Waals surface area contributed by atoms with Crippen molar-refractivity contribution >= 4 is 11.7 Å². The molecule has 3 rings (SSSR count). The maximum Gasteiger partial charge on any atom is 0.222 e. The van der Waals surface area contributed by atoms with Crippen molar-refractivity contribution in [2.24, 2.45) is 0 Å². The fourth-order valence-corrected chi connectivity index (χ4v) is 3.11. The number of piperidine rings is 1. The van der Waals surface area contributed by atoms with Crippen LogP contribution in [0, 0.1) is 13.8 Å². The van der Waals surface area contributed by atoms with Crippen LogP contribution in [0.2, 0.25) is 0 Å². The normalized spacial score (nSPS) is 17.8. The molecule has 0 unspecified atom stereocenters. The van der Waals surface area contributed by atoms with Gasteiger partial charge in [-0.15, -0.1) is 0 Å². The second kappa shape index (κ2) is 7.47. The van der Waals surface area contributed by atoms with E-state index in [1.807, 2.05) is 49.0 Å². The average molecular weight is 327 g/mol. The molecule has 3 heterocycles. The van der Waals surface area contributed by atoms with Crippen LogP contribution >= 0.6 is 0 Å². The van der Waals surface area contributed by atoms with Crippen molar-refractivity contribution in [3.8, 4) is 0 Å². The van der Waals surface area contributed by atoms with Crippen LogP contribution in [0.25, 0.3) is 0 Å². The smallest absolute Gasteiger partial charge is 0.222 e. The van der Waals surface area contributed by atoms with Crippen LogP contribution in [-0.4, -0.2) is 39.8 Å². The topological polar surface area (TPSA) is 63.1 Å². The second-order valence-electron chi connectivity index (χ2n) is 6.46. The number of carbonyl (C=O) groups is 1. The number of rotatable bonds is 5. The zero-order valence-electron chi connectivity index (χ0n) is 14.4. The summed E-state index contributed by atoms with van der Waals surface area (Å²) in [6, 6.07) is 8.21. The van der Waals surface area contributed by atoms with Gasteiger partial charge >= 0.3 is 0 Å². The third-order valence-corrected chi connectivity index (χ3v) is 4.33. The molecule has 0 bridgehead atoms. The Kier molecular flexibility index (Phi) is 5.13. The van der Waals surface area contributed by atoms with E-state index >= 15 is 0 Å². The molecule has 6 heteroatoms. The monoisotopic (exact) mass is 327 g/mol. The van der Waals surface area contributed by atoms with Gasteiger partial charge in [0.25, 0.3) is 0 Å². The Balaban J connectivity index is 1.50. The van der Waals surface area contributed by atoms with Crippen molar-refractivity contribution in [3.63, 3.8) is 0 Å². The molecule has 2 aromatic rings. The lowest BCUT2D eigenvalue weighted by Crippen LogP contribution is -2.48. The minimum absolute atomic E-state index is 0.0900. The number of nitrogens with zero attached hydrogens (tertiary/aromatic N) is 4. The van der Waals surface area contributed by atoms with Crippen LogP contribution in [0.5, 0.6) is 0 Å². The summed E-state index contributed by atoms with van der Waals surface area (Å²) in [5.41, 5.74) is 2.00. The van der Waals surface area contributed by atoms with E-state index in [0.29, 0.717) is 13.0 Å². The Morgan fingerprint density at radius 1 is 1.29 bits per heavy atom. The van der Waals surface area contributed by atoms with Crippen molar-refractivity contribution in [3.05, 3.63) is 41.9 Å². The second-order valence-corrected chi connectivity index (χ2v) is 6.46. The van der Waals surface area contributed by atoms with E-state index in [2.05, 4.69) is 20.3 Å². The summed E-state index contributed by atoms with van der Waals surface area (Å²) in [6.45, 7) is 6.39. The van der Waals surface area contributed by atoms with Gasteiger partial charge < -0.3 is 10.2 Å². The SMILES string of the molecule is Cc1cccc(N2CCC[C@@H](NC(=O)CCn3ccc(C)n3)C2)n1. The van der Waals surface area contributed by atoms with Crippen molar-refractivity contribution in [2.75, 3.05) is 18.0 Å². The standard InChI is InChI=1S/C18H25N5O/c1-14-5-3-7-17(19-14)22-10-4-6-16(13-22)20-18(24)9-12-23-11-8-15(2)21-23/h3,5,7-8,11,16H,4,6,9-10,12-13H2,1-2H3,(H,20,24)/t16-/m1/s1. The van der Waals surface area contributed by atoms with E-state index in [4.69, 9.17) is 0 Å². The van der Waals surface area contributed by atoms with Crippen LogP contribution < -0.4 is 10.2 Å². The largest absolute Gasteiger partial charge is 0.355 e. The Hall–Kier alpha value is -2.37. The molecular formula is C18H25N5O. The van der Waals surface area contributed by atoms with E-state index in [0.717, 1.165) is 43.1 Å². The summed E-state index contributed by atoms with van der Waals surface area (Å²) in [4.78, 5) is 19.1. The quantitative estimate of drug-likeness (QED) is 0.913. The molecule has 1 aliphatic heterocycles. The predicted octanol–water partition coefficient (Wildman–Crippen LogP) is 2.07. The van der Waals surface area contributed by atoms with E-state index in [1.165, 1.54) is 0 Å². The highest BCUT2D eigenvalue weighted by molar-refractivity contribution is 5.76. The summed E-state index contributed by atoms with van der Waals surface area (Å²) < 4.78 is 1.82. The summed E-state index contributed by atoms with van der Waals surface area (Å²) in [5.74, 6) is 1.09. The van der Waals surface area contributed by atoms with Gasteiger partial charge in [0.15, 0.2) is 0 Å². The fraction of sp³-hybridized carbons (Fsp3) is 0.500. The number of amides is 1. The van der Waals surface area contributed by atoms with E-state index in [-0.39, 0.29) is 11.9 Å². The molecule has 2 aromatic heterocycles. The molecular weight excluding hydrogens is 302 g/mol. The number of hydrogen-bond donors (Lipinski definition) is 1. The number of carbonyl (C=O) groups excluding carboxylic acids is 1. The maximum absolute atomic E-state index is 12.2. The van der Waals surface area contributed by atoms with Gasteiger partial charge in [-0.05, 0) is 44.9 Å². The highest BCUT2D eigenvalue weighted by atomic mass is 16.1. The molecule has 1 saturated heterocycles. The molecule has 0 aliphatic carbocycles. The lowest BCUT2D eigenvalue weighted by molar-refractivity contribution is -0.122. The first-order valence-corrected chi connectivity index (χ1v) is 8.58. The molecule has 1 atom stereocenters. The summed E-state index contributed by atoms with van der Waals surface area (Å²) in [6.07, 6.45) is 4.46. The Labute approximate surface area is 142 Å². The third-order valence-electron chi connectivity index (χ3n) is 4.33. The van der Waals surface area contributed by atoms with Gasteiger partial charge in [-0.2, -0.15) is 5.10 Å². The van der Waals surface area contributed by atoms with Gasteiger partial charge in [0.2, 0.25) is 5.91 Å². The molecule has 1 N–H and O–H groups in total. The number of anilines is 1. The highest BCUT2D eigenvalue weighted by Crippen LogP contribution is 2.18. The van der Waals surface area contributed by atoms with Gasteiger partial charge in [0, 0.05) is 44.0 Å². The van der Waals surface area contributed by atoms with Crippen molar-refractivity contribution in [1.29, 1.82) is 0 Å². The van der Waals surface area contributed by atoms with Crippen LogP contribution in [0.1, 0.15) is 30.7 Å². The van der Waals surface area contributed by atoms with Crippen molar-refractivity contribution in [2.45, 2.75) is 45.7 Å². The van der Waals surface area contributed by atoms with E-state index in [1.54, 1.807) is 0 Å². The van der Waals surface area contributed by atoms with Crippen molar-refractivity contribution < 1.29 is 4.79 Å². The first kappa shape index (κ1) is 16.5. The molecule has 24 heavy (non-hydrogen) atoms. The van der Waals surface area contributed by atoms with Crippen LogP contribution in [0.4, 0.5) is 5.82 Å². The fourth-order valence-electron chi connectivity index (χ4n) is 3.11. The molecule has 0 aromatic carbocycles. The lowest BCUT2D eigenvalue weighted by atomic mass is 10.1. The van der Waals surface area contributed by atoms with E-state index < -0.39 is 0 Å². The number of pyridine rings is 1. The summed E-state index contributed by atoms with van der Waals surface area (Å²) in [5, 5.41) is 7.47. The zero-order chi connectivity index (χ0) is 16.9. The maximum atomic E-state index is 12.2. The number of aryl methyl sites for hydroxylation is 3. The molecule has 0 saturated carbocycles. The van der Waals surface area contributed by atoms with E-state index in [9.17, 15) is 4.79 Å². The van der Waals surface area contributed by atoms with Crippen LogP contribution in [0.15, 0.2) is 30.5 Å². The summed E-state index contributed by atoms with van der Waals surface area (Å²) >= 11 is 0. The predicted molar refractivity (Wildman–Crippen MR) is 93.9 cm³/mol. The minimum atomic E-state index is 0.0900. The molecule has 128 valence electrons. The van der Waals surface area contributed by atoms with Gasteiger partial charge in [-0.3, -0.25) is 9.48 Å². The third kappa shape index (κ3) is 4.34. The van der Waals surface area contributed by atoms with Crippen LogP contribution in [0.3, 0.4) is 0 Å². The molecule has 1 aliphatic rings. The molecule has 1 amide bonds. The van der Waals surface area contributed by atoms with Crippen LogP contribution in [-0.2, 0) is 11.3 Å². The highest BCUT2D eigenvalue weighted by Gasteiger charge is 2.22. The Morgan fingerprint density at radius 2 is 2.17 bits per heavy atom. The van der Waals surface area contributed by atoms with Gasteiger partial charge in [0.1, 0.15) is 5.82 Å². The number of aromatic nitrogens is 3. The molecule has 1 fully saturated rings. The minimum Gasteiger partial charge on any atom is -0.355 e. The molecule has 0 radical (unpaired) electrons. The lowest BCUT2D eigenvalue weighted by Gasteiger charge is -2.34. The van der Waals surface area contributed by atoms with Gasteiger partial charge in [-0.1, -0.05) is 6.07 Å². The Bertz CT molecular complexity index is 696. The first-order chi connectivity index (χ1) is 11.6. The van der Waals surface area contributed by atoms with Gasteiger partial charge in [-0.25, -0.2) is 4.98 Å². The Morgan fingerprint density at radius 3 is 2.92 bits per heavy atom. The average Bonchev–Trinajstić information content (AvgIpc) is 2.99. The zero-order valence-corrected chi connectivity index (χ0v) is 14.4. The molecule has 0 spiro atoms. The first-order valence-electron chi connectivity index (χ1n) is 8.58. The van der Waals surface area contributed by atoms with Crippen molar-refractivity contribution in [1.82, 2.24) is 20.1 Å². The number of hydrogen-bond acceptors (Lipinski definition) is 4. The molecule has 6 nitrogen and oxygen atoms in total. The van der Waals surface area contributed by atoms with Gasteiger partial charge in [0.05, 0.1) is 5.69 Å².